The van der Waals surface area contributed by atoms with E-state index in [0.29, 0.717) is 15.9 Å². The van der Waals surface area contributed by atoms with Gasteiger partial charge >= 0.3 is 5.69 Å². The van der Waals surface area contributed by atoms with Crippen LogP contribution in [0.3, 0.4) is 0 Å². The maximum atomic E-state index is 13.4. The second-order valence-electron chi connectivity index (χ2n) is 7.30. The Bertz CT molecular complexity index is 1480. The van der Waals surface area contributed by atoms with E-state index in [1.807, 2.05) is 0 Å². The number of amides is 1. The number of anilines is 1. The molecule has 0 aliphatic rings. The molecule has 1 amide bonds. The lowest BCUT2D eigenvalue weighted by molar-refractivity contribution is -0.113. The highest BCUT2D eigenvalue weighted by Crippen LogP contribution is 2.25. The number of hydrogen-bond donors (Lipinski definition) is 1. The third-order valence-corrected chi connectivity index (χ3v) is 6.35. The summed E-state index contributed by atoms with van der Waals surface area (Å²) < 4.78 is 17.3. The van der Waals surface area contributed by atoms with Crippen LogP contribution in [0.15, 0.2) is 63.3 Å². The van der Waals surface area contributed by atoms with E-state index in [1.165, 1.54) is 30.8 Å². The number of rotatable bonds is 6. The van der Waals surface area contributed by atoms with Crippen LogP contribution in [0.1, 0.15) is 5.56 Å². The van der Waals surface area contributed by atoms with Crippen LogP contribution in [0.25, 0.3) is 11.2 Å². The van der Waals surface area contributed by atoms with Crippen LogP contribution < -0.4 is 16.6 Å². The molecule has 2 heterocycles. The van der Waals surface area contributed by atoms with Crippen molar-refractivity contribution in [3.8, 4) is 0 Å². The van der Waals surface area contributed by atoms with E-state index < -0.39 is 11.2 Å². The molecule has 2 aromatic heterocycles. The summed E-state index contributed by atoms with van der Waals surface area (Å²) in [6.45, 7) is 0.207. The Balaban J connectivity index is 1.71. The van der Waals surface area contributed by atoms with Crippen LogP contribution in [0.2, 0.25) is 5.02 Å². The molecule has 8 nitrogen and oxygen atoms in total. The van der Waals surface area contributed by atoms with E-state index in [1.54, 1.807) is 41.0 Å². The normalized spacial score (nSPS) is 11.2. The monoisotopic (exact) mass is 487 g/mol. The first-order chi connectivity index (χ1) is 15.8. The molecule has 2 aromatic carbocycles. The van der Waals surface area contributed by atoms with Crippen LogP contribution >= 0.6 is 23.4 Å². The Hall–Kier alpha value is -3.37. The van der Waals surface area contributed by atoms with Gasteiger partial charge in [-0.2, -0.15) is 0 Å². The van der Waals surface area contributed by atoms with Crippen molar-refractivity contribution in [3.63, 3.8) is 0 Å². The van der Waals surface area contributed by atoms with E-state index in [4.69, 9.17) is 11.6 Å². The number of imidazole rings is 1. The lowest BCUT2D eigenvalue weighted by Gasteiger charge is -2.10. The van der Waals surface area contributed by atoms with E-state index in [0.717, 1.165) is 21.9 Å². The predicted octanol–water partition coefficient (Wildman–Crippen LogP) is 3.01. The molecule has 170 valence electrons. The topological polar surface area (TPSA) is 90.9 Å². The van der Waals surface area contributed by atoms with Gasteiger partial charge < -0.3 is 9.88 Å². The Morgan fingerprint density at radius 1 is 1.09 bits per heavy atom. The molecule has 0 saturated heterocycles. The summed E-state index contributed by atoms with van der Waals surface area (Å²) >= 11 is 7.21. The van der Waals surface area contributed by atoms with Gasteiger partial charge in [0.1, 0.15) is 5.82 Å². The van der Waals surface area contributed by atoms with Gasteiger partial charge in [0.2, 0.25) is 5.91 Å². The average Bonchev–Trinajstić information content (AvgIpc) is 3.16. The first-order valence-corrected chi connectivity index (χ1v) is 11.2. The fourth-order valence-corrected chi connectivity index (χ4v) is 4.31. The van der Waals surface area contributed by atoms with Gasteiger partial charge in [0.05, 0.1) is 23.0 Å². The zero-order chi connectivity index (χ0) is 23.7. The number of fused-ring (bicyclic) bond motifs is 1. The van der Waals surface area contributed by atoms with Crippen molar-refractivity contribution in [1.82, 2.24) is 18.7 Å². The maximum absolute atomic E-state index is 13.4. The molecular formula is C22H19ClFN5O3S. The van der Waals surface area contributed by atoms with Gasteiger partial charge in [0, 0.05) is 14.1 Å². The van der Waals surface area contributed by atoms with Crippen LogP contribution in [0.5, 0.6) is 0 Å². The number of hydrogen-bond acceptors (Lipinski definition) is 5. The molecule has 4 aromatic rings. The summed E-state index contributed by atoms with van der Waals surface area (Å²) in [5.74, 6) is -0.694. The van der Waals surface area contributed by atoms with Crippen LogP contribution in [0.4, 0.5) is 10.1 Å². The maximum Gasteiger partial charge on any atom is 0.332 e. The van der Waals surface area contributed by atoms with Gasteiger partial charge in [0.15, 0.2) is 16.3 Å². The highest BCUT2D eigenvalue weighted by atomic mass is 35.5. The molecule has 0 saturated carbocycles. The number of para-hydroxylation sites is 1. The standard InChI is InChI=1S/C22H19ClFN5O3S/c1-27-19-18(20(31)28(2)22(27)32)29(11-13-7-9-14(24)10-8-13)21(26-19)33-12-17(30)25-16-6-4-3-5-15(16)23/h3-10H,11-12H2,1-2H3,(H,25,30). The molecule has 0 aliphatic carbocycles. The molecule has 0 unspecified atom stereocenters. The zero-order valence-electron chi connectivity index (χ0n) is 17.7. The quantitative estimate of drug-likeness (QED) is 0.422. The van der Waals surface area contributed by atoms with Gasteiger partial charge in [-0.3, -0.25) is 18.7 Å². The van der Waals surface area contributed by atoms with Crippen molar-refractivity contribution >= 4 is 46.1 Å². The number of halogens is 2. The number of nitrogens with one attached hydrogen (secondary N) is 1. The Labute approximate surface area is 196 Å². The molecular weight excluding hydrogens is 469 g/mol. The molecule has 33 heavy (non-hydrogen) atoms. The molecule has 0 aliphatic heterocycles. The van der Waals surface area contributed by atoms with E-state index in [2.05, 4.69) is 10.3 Å². The van der Waals surface area contributed by atoms with Crippen molar-refractivity contribution in [3.05, 3.63) is 85.8 Å². The molecule has 0 atom stereocenters. The summed E-state index contributed by atoms with van der Waals surface area (Å²) in [7, 11) is 2.92. The largest absolute Gasteiger partial charge is 0.332 e. The predicted molar refractivity (Wildman–Crippen MR) is 127 cm³/mol. The number of carbonyl (C=O) groups is 1. The molecule has 0 fully saturated rings. The minimum atomic E-state index is -0.507. The third kappa shape index (κ3) is 4.57. The van der Waals surface area contributed by atoms with Crippen molar-refractivity contribution in [2.45, 2.75) is 11.7 Å². The number of thioether (sulfide) groups is 1. The third-order valence-electron chi connectivity index (χ3n) is 5.05. The first kappa shape index (κ1) is 22.8. The average molecular weight is 488 g/mol. The summed E-state index contributed by atoms with van der Waals surface area (Å²) in [5, 5.41) is 3.53. The van der Waals surface area contributed by atoms with Crippen LogP contribution in [0, 0.1) is 5.82 Å². The first-order valence-electron chi connectivity index (χ1n) is 9.84. The molecule has 4 rings (SSSR count). The van der Waals surface area contributed by atoms with E-state index in [9.17, 15) is 18.8 Å². The van der Waals surface area contributed by atoms with Gasteiger partial charge in [-0.15, -0.1) is 0 Å². The second kappa shape index (κ2) is 9.24. The van der Waals surface area contributed by atoms with Crippen molar-refractivity contribution in [2.75, 3.05) is 11.1 Å². The van der Waals surface area contributed by atoms with Gasteiger partial charge in [-0.1, -0.05) is 47.6 Å². The summed E-state index contributed by atoms with van der Waals surface area (Å²) in [6, 6.07) is 12.7. The highest BCUT2D eigenvalue weighted by Gasteiger charge is 2.20. The Morgan fingerprint density at radius 3 is 2.48 bits per heavy atom. The molecule has 0 bridgehead atoms. The number of aryl methyl sites for hydroxylation is 1. The molecule has 0 spiro atoms. The minimum Gasteiger partial charge on any atom is -0.324 e. The second-order valence-corrected chi connectivity index (χ2v) is 8.65. The van der Waals surface area contributed by atoms with Gasteiger partial charge in [-0.25, -0.2) is 14.2 Å². The van der Waals surface area contributed by atoms with Crippen molar-refractivity contribution < 1.29 is 9.18 Å². The Morgan fingerprint density at radius 2 is 1.79 bits per heavy atom. The number of aromatic nitrogens is 4. The minimum absolute atomic E-state index is 0.00771. The van der Waals surface area contributed by atoms with Gasteiger partial charge in [0.25, 0.3) is 5.56 Å². The van der Waals surface area contributed by atoms with Crippen LogP contribution in [-0.2, 0) is 25.4 Å². The van der Waals surface area contributed by atoms with Crippen LogP contribution in [-0.4, -0.2) is 30.3 Å². The van der Waals surface area contributed by atoms with E-state index >= 15 is 0 Å². The summed E-state index contributed by atoms with van der Waals surface area (Å²) in [5.41, 5.74) is 0.633. The summed E-state index contributed by atoms with van der Waals surface area (Å²) in [4.78, 5) is 42.3. The molecule has 11 heteroatoms. The molecule has 1 N–H and O–H groups in total. The SMILES string of the molecule is Cn1c(=O)c2c(nc(SCC(=O)Nc3ccccc3Cl)n2Cc2ccc(F)cc2)n(C)c1=O. The Kier molecular flexibility index (Phi) is 6.39. The van der Waals surface area contributed by atoms with Crippen molar-refractivity contribution in [2.24, 2.45) is 14.1 Å². The van der Waals surface area contributed by atoms with Crippen molar-refractivity contribution in [1.29, 1.82) is 0 Å². The smallest absolute Gasteiger partial charge is 0.324 e. The number of benzene rings is 2. The summed E-state index contributed by atoms with van der Waals surface area (Å²) in [6.07, 6.45) is 0. The molecule has 0 radical (unpaired) electrons. The van der Waals surface area contributed by atoms with Gasteiger partial charge in [-0.05, 0) is 29.8 Å². The fourth-order valence-electron chi connectivity index (χ4n) is 3.33. The lowest BCUT2D eigenvalue weighted by Crippen LogP contribution is -2.37. The highest BCUT2D eigenvalue weighted by molar-refractivity contribution is 7.99. The zero-order valence-corrected chi connectivity index (χ0v) is 19.3. The van der Waals surface area contributed by atoms with E-state index in [-0.39, 0.29) is 35.2 Å². The lowest BCUT2D eigenvalue weighted by atomic mass is 10.2. The fraction of sp³-hybridized carbons (Fsp3) is 0.182. The number of carbonyl (C=O) groups excluding carboxylic acids is 1. The number of nitrogens with zero attached hydrogens (tertiary/aromatic N) is 4.